The number of anilines is 2. The lowest BCUT2D eigenvalue weighted by Gasteiger charge is -2.35. The maximum Gasteiger partial charge on any atom is 0.263 e. The number of pyridine rings is 1. The van der Waals surface area contributed by atoms with Gasteiger partial charge in [0.2, 0.25) is 0 Å². The van der Waals surface area contributed by atoms with Gasteiger partial charge < -0.3 is 20.9 Å². The van der Waals surface area contributed by atoms with Crippen LogP contribution in [0.3, 0.4) is 0 Å². The molecule has 0 aliphatic carbocycles. The Balaban J connectivity index is 1.31. The number of halogens is 1. The molecule has 1 amide bonds. The molecule has 180 valence electrons. The highest BCUT2D eigenvalue weighted by Gasteiger charge is 2.33. The topological polar surface area (TPSA) is 69.3 Å². The first-order valence-corrected chi connectivity index (χ1v) is 12.7. The SMILES string of the molecule is CNc1c(C(=O)NCC(C)(C)c2ccc(N3CC4CCC(C3)N4)cc2F)sc2nc(C)ccc12. The summed E-state index contributed by atoms with van der Waals surface area (Å²) in [6.45, 7) is 8.03. The van der Waals surface area contributed by atoms with E-state index >= 15 is 4.39 Å². The number of rotatable bonds is 6. The van der Waals surface area contributed by atoms with Gasteiger partial charge in [0, 0.05) is 60.9 Å². The first kappa shape index (κ1) is 23.1. The molecule has 3 aromatic rings. The van der Waals surface area contributed by atoms with Crippen molar-refractivity contribution >= 4 is 38.8 Å². The Kier molecular flexibility index (Phi) is 5.98. The highest BCUT2D eigenvalue weighted by atomic mass is 32.1. The molecule has 2 bridgehead atoms. The van der Waals surface area contributed by atoms with Crippen LogP contribution in [0.2, 0.25) is 0 Å². The van der Waals surface area contributed by atoms with Crippen molar-refractivity contribution in [2.45, 2.75) is 51.1 Å². The number of amides is 1. The molecule has 34 heavy (non-hydrogen) atoms. The predicted molar refractivity (Wildman–Crippen MR) is 138 cm³/mol. The van der Waals surface area contributed by atoms with Crippen LogP contribution in [0.5, 0.6) is 0 Å². The first-order valence-electron chi connectivity index (χ1n) is 11.9. The van der Waals surface area contributed by atoms with Crippen LogP contribution in [0.1, 0.15) is 47.6 Å². The third kappa shape index (κ3) is 4.25. The van der Waals surface area contributed by atoms with Gasteiger partial charge in [-0.05, 0) is 49.6 Å². The van der Waals surface area contributed by atoms with Gasteiger partial charge in [-0.15, -0.1) is 11.3 Å². The molecule has 5 rings (SSSR count). The van der Waals surface area contributed by atoms with E-state index in [1.807, 2.05) is 52.1 Å². The van der Waals surface area contributed by atoms with Crippen LogP contribution in [0.15, 0.2) is 30.3 Å². The number of benzene rings is 1. The normalized spacial score (nSPS) is 20.1. The van der Waals surface area contributed by atoms with E-state index in [-0.39, 0.29) is 11.7 Å². The molecular formula is C26H32FN5OS. The number of nitrogens with zero attached hydrogens (tertiary/aromatic N) is 2. The molecule has 3 N–H and O–H groups in total. The number of aromatic nitrogens is 1. The van der Waals surface area contributed by atoms with Crippen LogP contribution in [0.4, 0.5) is 15.8 Å². The predicted octanol–water partition coefficient (Wildman–Crippen LogP) is 4.43. The van der Waals surface area contributed by atoms with Crippen molar-refractivity contribution in [2.24, 2.45) is 0 Å². The molecule has 2 aliphatic heterocycles. The molecule has 4 heterocycles. The molecule has 1 aromatic carbocycles. The Bertz CT molecular complexity index is 1230. The molecule has 8 heteroatoms. The Morgan fingerprint density at radius 2 is 1.97 bits per heavy atom. The molecule has 2 saturated heterocycles. The van der Waals surface area contributed by atoms with Crippen molar-refractivity contribution in [1.29, 1.82) is 0 Å². The molecule has 0 radical (unpaired) electrons. The van der Waals surface area contributed by atoms with Gasteiger partial charge in [0.25, 0.3) is 5.91 Å². The Hall–Kier alpha value is -2.71. The lowest BCUT2D eigenvalue weighted by Crippen LogP contribution is -2.51. The van der Waals surface area contributed by atoms with Crippen LogP contribution < -0.4 is 20.9 Å². The number of piperazine rings is 1. The van der Waals surface area contributed by atoms with Gasteiger partial charge in [-0.25, -0.2) is 9.37 Å². The number of hydrogen-bond acceptors (Lipinski definition) is 6. The number of carbonyl (C=O) groups is 1. The zero-order valence-electron chi connectivity index (χ0n) is 20.2. The van der Waals surface area contributed by atoms with Crippen molar-refractivity contribution < 1.29 is 9.18 Å². The molecule has 2 aromatic heterocycles. The fourth-order valence-corrected chi connectivity index (χ4v) is 6.36. The summed E-state index contributed by atoms with van der Waals surface area (Å²) in [5.41, 5.74) is 2.68. The van der Waals surface area contributed by atoms with Crippen molar-refractivity contribution in [3.8, 4) is 0 Å². The van der Waals surface area contributed by atoms with Crippen LogP contribution in [-0.4, -0.2) is 49.7 Å². The summed E-state index contributed by atoms with van der Waals surface area (Å²) in [5.74, 6) is -0.397. The highest BCUT2D eigenvalue weighted by molar-refractivity contribution is 7.21. The van der Waals surface area contributed by atoms with Crippen molar-refractivity contribution in [1.82, 2.24) is 15.6 Å². The maximum atomic E-state index is 15.3. The van der Waals surface area contributed by atoms with Gasteiger partial charge in [-0.2, -0.15) is 0 Å². The molecule has 2 fully saturated rings. The second kappa shape index (κ2) is 8.82. The van der Waals surface area contributed by atoms with Crippen LogP contribution in [0.25, 0.3) is 10.2 Å². The second-order valence-electron chi connectivity index (χ2n) is 10.1. The minimum Gasteiger partial charge on any atom is -0.386 e. The van der Waals surface area contributed by atoms with Crippen LogP contribution in [-0.2, 0) is 5.41 Å². The van der Waals surface area contributed by atoms with E-state index in [1.54, 1.807) is 6.07 Å². The van der Waals surface area contributed by atoms with E-state index in [1.165, 1.54) is 24.2 Å². The number of hydrogen-bond donors (Lipinski definition) is 3. The van der Waals surface area contributed by atoms with E-state index in [9.17, 15) is 4.79 Å². The quantitative estimate of drug-likeness (QED) is 0.486. The Labute approximate surface area is 203 Å². The first-order chi connectivity index (χ1) is 16.2. The zero-order valence-corrected chi connectivity index (χ0v) is 21.0. The summed E-state index contributed by atoms with van der Waals surface area (Å²) >= 11 is 1.37. The lowest BCUT2D eigenvalue weighted by atomic mass is 9.84. The van der Waals surface area contributed by atoms with Crippen molar-refractivity contribution in [3.63, 3.8) is 0 Å². The minimum atomic E-state index is -0.563. The van der Waals surface area contributed by atoms with Gasteiger partial charge in [0.05, 0.1) is 5.69 Å². The Morgan fingerprint density at radius 3 is 2.65 bits per heavy atom. The average Bonchev–Trinajstić information content (AvgIpc) is 3.35. The third-order valence-electron chi connectivity index (χ3n) is 7.11. The maximum absolute atomic E-state index is 15.3. The molecule has 0 spiro atoms. The fraction of sp³-hybridized carbons (Fsp3) is 0.462. The number of thiophene rings is 1. The summed E-state index contributed by atoms with van der Waals surface area (Å²) in [7, 11) is 1.81. The smallest absolute Gasteiger partial charge is 0.263 e. The highest BCUT2D eigenvalue weighted by Crippen LogP contribution is 2.35. The molecular weight excluding hydrogens is 449 g/mol. The Morgan fingerprint density at radius 1 is 1.24 bits per heavy atom. The van der Waals surface area contributed by atoms with E-state index < -0.39 is 5.41 Å². The second-order valence-corrected chi connectivity index (χ2v) is 11.1. The van der Waals surface area contributed by atoms with E-state index in [2.05, 4.69) is 25.8 Å². The zero-order chi connectivity index (χ0) is 24.0. The number of fused-ring (bicyclic) bond motifs is 3. The number of aryl methyl sites for hydroxylation is 1. The molecule has 2 unspecified atom stereocenters. The van der Waals surface area contributed by atoms with Crippen molar-refractivity contribution in [3.05, 3.63) is 52.3 Å². The van der Waals surface area contributed by atoms with Gasteiger partial charge in [-0.3, -0.25) is 4.79 Å². The largest absolute Gasteiger partial charge is 0.386 e. The van der Waals surface area contributed by atoms with Crippen LogP contribution in [0, 0.1) is 12.7 Å². The summed E-state index contributed by atoms with van der Waals surface area (Å²) < 4.78 is 15.3. The summed E-state index contributed by atoms with van der Waals surface area (Å²) in [4.78, 5) is 21.4. The van der Waals surface area contributed by atoms with Crippen molar-refractivity contribution in [2.75, 3.05) is 36.9 Å². The van der Waals surface area contributed by atoms with Crippen LogP contribution >= 0.6 is 11.3 Å². The molecule has 2 atom stereocenters. The van der Waals surface area contributed by atoms with E-state index in [0.29, 0.717) is 29.1 Å². The van der Waals surface area contributed by atoms with Gasteiger partial charge in [0.15, 0.2) is 0 Å². The molecule has 6 nitrogen and oxygen atoms in total. The van der Waals surface area contributed by atoms with E-state index in [0.717, 1.165) is 40.4 Å². The number of nitrogens with one attached hydrogen (secondary N) is 3. The number of carbonyl (C=O) groups excluding carboxylic acids is 1. The standard InChI is InChI=1S/C26H32FN5OS/c1-15-5-9-19-22(28-4)23(34-25(19)30-15)24(33)29-14-26(2,3)20-10-8-18(11-21(20)27)32-12-16-6-7-17(13-32)31-16/h5,8-11,16-17,28,31H,6-7,12-14H2,1-4H3,(H,29,33). The summed E-state index contributed by atoms with van der Waals surface area (Å²) in [5, 5.41) is 10.7. The van der Waals surface area contributed by atoms with Gasteiger partial charge >= 0.3 is 0 Å². The van der Waals surface area contributed by atoms with Gasteiger partial charge in [-0.1, -0.05) is 19.9 Å². The fourth-order valence-electron chi connectivity index (χ4n) is 5.21. The van der Waals surface area contributed by atoms with Gasteiger partial charge in [0.1, 0.15) is 15.5 Å². The molecule has 0 saturated carbocycles. The third-order valence-corrected chi connectivity index (χ3v) is 8.20. The lowest BCUT2D eigenvalue weighted by molar-refractivity contribution is 0.0950. The monoisotopic (exact) mass is 481 g/mol. The minimum absolute atomic E-state index is 0.175. The van der Waals surface area contributed by atoms with E-state index in [4.69, 9.17) is 0 Å². The average molecular weight is 482 g/mol. The molecule has 2 aliphatic rings. The summed E-state index contributed by atoms with van der Waals surface area (Å²) in [6, 6.07) is 10.5. The summed E-state index contributed by atoms with van der Waals surface area (Å²) in [6.07, 6.45) is 2.39.